The molecule has 0 atom stereocenters. The summed E-state index contributed by atoms with van der Waals surface area (Å²) >= 11 is 0. The van der Waals surface area contributed by atoms with Crippen molar-refractivity contribution in [3.63, 3.8) is 0 Å². The Labute approximate surface area is 116 Å². The quantitative estimate of drug-likeness (QED) is 0.892. The van der Waals surface area contributed by atoms with Gasteiger partial charge in [0.1, 0.15) is 12.4 Å². The van der Waals surface area contributed by atoms with Gasteiger partial charge in [0.25, 0.3) is 5.56 Å². The van der Waals surface area contributed by atoms with Crippen LogP contribution in [0.1, 0.15) is 12.8 Å². The maximum atomic E-state index is 12.4. The first-order valence-electron chi connectivity index (χ1n) is 6.82. The SMILES string of the molecule is Nc1cc2ccccc2c(=O)n1CC(=O)N1CCCC1. The molecule has 1 aliphatic rings. The number of hydrogen-bond donors (Lipinski definition) is 1. The topological polar surface area (TPSA) is 68.3 Å². The Hall–Kier alpha value is -2.30. The molecule has 1 saturated heterocycles. The Morgan fingerprint density at radius 3 is 2.65 bits per heavy atom. The fourth-order valence-electron chi connectivity index (χ4n) is 2.68. The summed E-state index contributed by atoms with van der Waals surface area (Å²) in [4.78, 5) is 26.4. The second kappa shape index (κ2) is 5.00. The zero-order valence-corrected chi connectivity index (χ0v) is 11.2. The van der Waals surface area contributed by atoms with Gasteiger partial charge in [-0.15, -0.1) is 0 Å². The Morgan fingerprint density at radius 1 is 1.20 bits per heavy atom. The van der Waals surface area contributed by atoms with Crippen LogP contribution < -0.4 is 11.3 Å². The summed E-state index contributed by atoms with van der Waals surface area (Å²) in [6.07, 6.45) is 2.07. The van der Waals surface area contributed by atoms with Gasteiger partial charge in [0.15, 0.2) is 0 Å². The highest BCUT2D eigenvalue weighted by Gasteiger charge is 2.19. The molecule has 104 valence electrons. The van der Waals surface area contributed by atoms with E-state index in [1.54, 1.807) is 17.0 Å². The van der Waals surface area contributed by atoms with Crippen molar-refractivity contribution in [2.24, 2.45) is 0 Å². The number of nitrogens with zero attached hydrogens (tertiary/aromatic N) is 2. The van der Waals surface area contributed by atoms with E-state index in [0.29, 0.717) is 11.2 Å². The van der Waals surface area contributed by atoms with Crippen molar-refractivity contribution >= 4 is 22.5 Å². The smallest absolute Gasteiger partial charge is 0.260 e. The second-order valence-electron chi connectivity index (χ2n) is 5.14. The molecule has 5 nitrogen and oxygen atoms in total. The number of pyridine rings is 1. The molecule has 0 aliphatic carbocycles. The van der Waals surface area contributed by atoms with E-state index in [4.69, 9.17) is 5.73 Å². The number of fused-ring (bicyclic) bond motifs is 1. The second-order valence-corrected chi connectivity index (χ2v) is 5.14. The molecule has 0 radical (unpaired) electrons. The van der Waals surface area contributed by atoms with Crippen molar-refractivity contribution in [3.05, 3.63) is 40.7 Å². The maximum Gasteiger partial charge on any atom is 0.260 e. The molecule has 0 spiro atoms. The molecule has 0 saturated carbocycles. The molecule has 1 amide bonds. The number of nitrogen functional groups attached to an aromatic ring is 1. The van der Waals surface area contributed by atoms with Crippen molar-refractivity contribution < 1.29 is 4.79 Å². The van der Waals surface area contributed by atoms with E-state index in [9.17, 15) is 9.59 Å². The summed E-state index contributed by atoms with van der Waals surface area (Å²) < 4.78 is 1.36. The highest BCUT2D eigenvalue weighted by molar-refractivity contribution is 5.84. The first-order chi connectivity index (χ1) is 9.66. The van der Waals surface area contributed by atoms with Crippen LogP contribution in [0.4, 0.5) is 5.82 Å². The first-order valence-corrected chi connectivity index (χ1v) is 6.82. The van der Waals surface area contributed by atoms with Gasteiger partial charge in [-0.25, -0.2) is 0 Å². The zero-order chi connectivity index (χ0) is 14.1. The van der Waals surface area contributed by atoms with Crippen molar-refractivity contribution in [1.29, 1.82) is 0 Å². The molecule has 1 aromatic heterocycles. The lowest BCUT2D eigenvalue weighted by Gasteiger charge is -2.17. The third-order valence-corrected chi connectivity index (χ3v) is 3.80. The van der Waals surface area contributed by atoms with E-state index < -0.39 is 0 Å². The molecule has 2 heterocycles. The van der Waals surface area contributed by atoms with E-state index in [0.717, 1.165) is 31.3 Å². The van der Waals surface area contributed by atoms with E-state index in [1.807, 2.05) is 18.2 Å². The summed E-state index contributed by atoms with van der Waals surface area (Å²) in [5.41, 5.74) is 5.73. The normalized spacial score (nSPS) is 14.9. The van der Waals surface area contributed by atoms with Crippen LogP contribution in [0.25, 0.3) is 10.8 Å². The lowest BCUT2D eigenvalue weighted by Crippen LogP contribution is -2.35. The lowest BCUT2D eigenvalue weighted by atomic mass is 10.1. The summed E-state index contributed by atoms with van der Waals surface area (Å²) in [6, 6.07) is 9.02. The Bertz CT molecular complexity index is 715. The number of carbonyl (C=O) groups excluding carboxylic acids is 1. The van der Waals surface area contributed by atoms with Crippen LogP contribution in [0.15, 0.2) is 35.1 Å². The summed E-state index contributed by atoms with van der Waals surface area (Å²) in [5.74, 6) is 0.299. The van der Waals surface area contributed by atoms with Gasteiger partial charge in [-0.2, -0.15) is 0 Å². The third kappa shape index (κ3) is 2.15. The van der Waals surface area contributed by atoms with Gasteiger partial charge < -0.3 is 10.6 Å². The minimum atomic E-state index is -0.201. The molecule has 2 N–H and O–H groups in total. The molecule has 1 fully saturated rings. The molecule has 1 aromatic carbocycles. The average Bonchev–Trinajstić information content (AvgIpc) is 2.97. The van der Waals surface area contributed by atoms with Crippen molar-refractivity contribution in [1.82, 2.24) is 9.47 Å². The number of hydrogen-bond acceptors (Lipinski definition) is 3. The summed E-state index contributed by atoms with van der Waals surface area (Å²) in [5, 5.41) is 1.40. The lowest BCUT2D eigenvalue weighted by molar-refractivity contribution is -0.130. The molecule has 3 rings (SSSR count). The van der Waals surface area contributed by atoms with Gasteiger partial charge >= 0.3 is 0 Å². The number of likely N-dealkylation sites (tertiary alicyclic amines) is 1. The molecule has 2 aromatic rings. The fourth-order valence-corrected chi connectivity index (χ4v) is 2.68. The molecule has 0 unspecified atom stereocenters. The predicted octanol–water partition coefficient (Wildman–Crippen LogP) is 1.21. The standard InChI is InChI=1S/C15H17N3O2/c16-13-9-11-5-1-2-6-12(11)15(20)18(13)10-14(19)17-7-3-4-8-17/h1-2,5-6,9H,3-4,7-8,10,16H2. The average molecular weight is 271 g/mol. The number of aromatic nitrogens is 1. The molecule has 1 aliphatic heterocycles. The largest absolute Gasteiger partial charge is 0.385 e. The molecule has 5 heteroatoms. The number of carbonyl (C=O) groups is 1. The van der Waals surface area contributed by atoms with E-state index >= 15 is 0 Å². The summed E-state index contributed by atoms with van der Waals surface area (Å²) in [6.45, 7) is 1.58. The molecular weight excluding hydrogens is 254 g/mol. The van der Waals surface area contributed by atoms with Gasteiger partial charge in [0.2, 0.25) is 5.91 Å². The fraction of sp³-hybridized carbons (Fsp3) is 0.333. The third-order valence-electron chi connectivity index (χ3n) is 3.80. The molecule has 0 bridgehead atoms. The van der Waals surface area contributed by atoms with Crippen LogP contribution in [-0.4, -0.2) is 28.5 Å². The van der Waals surface area contributed by atoms with E-state index in [-0.39, 0.29) is 18.0 Å². The van der Waals surface area contributed by atoms with Crippen LogP contribution in [0.3, 0.4) is 0 Å². The Morgan fingerprint density at radius 2 is 1.90 bits per heavy atom. The maximum absolute atomic E-state index is 12.4. The first kappa shape index (κ1) is 12.7. The summed E-state index contributed by atoms with van der Waals surface area (Å²) in [7, 11) is 0. The van der Waals surface area contributed by atoms with Gasteiger partial charge in [-0.05, 0) is 30.4 Å². The van der Waals surface area contributed by atoms with E-state index in [1.165, 1.54) is 4.57 Å². The van der Waals surface area contributed by atoms with Crippen molar-refractivity contribution in [2.45, 2.75) is 19.4 Å². The minimum Gasteiger partial charge on any atom is -0.385 e. The molecular formula is C15H17N3O2. The highest BCUT2D eigenvalue weighted by atomic mass is 16.2. The number of nitrogens with two attached hydrogens (primary N) is 1. The number of benzene rings is 1. The molecule has 20 heavy (non-hydrogen) atoms. The van der Waals surface area contributed by atoms with Crippen LogP contribution >= 0.6 is 0 Å². The number of rotatable bonds is 2. The minimum absolute atomic E-state index is 0.0233. The van der Waals surface area contributed by atoms with E-state index in [2.05, 4.69) is 0 Å². The number of anilines is 1. The van der Waals surface area contributed by atoms with Gasteiger partial charge in [0, 0.05) is 18.5 Å². The van der Waals surface area contributed by atoms with Crippen LogP contribution in [0.5, 0.6) is 0 Å². The van der Waals surface area contributed by atoms with Crippen LogP contribution in [0, 0.1) is 0 Å². The Balaban J connectivity index is 1.98. The van der Waals surface area contributed by atoms with Crippen LogP contribution in [0.2, 0.25) is 0 Å². The predicted molar refractivity (Wildman–Crippen MR) is 78.4 cm³/mol. The van der Waals surface area contributed by atoms with Crippen LogP contribution in [-0.2, 0) is 11.3 Å². The Kier molecular flexibility index (Phi) is 3.18. The van der Waals surface area contributed by atoms with Gasteiger partial charge in [-0.1, -0.05) is 18.2 Å². The van der Waals surface area contributed by atoms with Crippen molar-refractivity contribution in [3.8, 4) is 0 Å². The van der Waals surface area contributed by atoms with Gasteiger partial charge in [0.05, 0.1) is 0 Å². The van der Waals surface area contributed by atoms with Gasteiger partial charge in [-0.3, -0.25) is 14.2 Å². The zero-order valence-electron chi connectivity index (χ0n) is 11.2. The monoisotopic (exact) mass is 271 g/mol. The van der Waals surface area contributed by atoms with Crippen molar-refractivity contribution in [2.75, 3.05) is 18.8 Å². The highest BCUT2D eigenvalue weighted by Crippen LogP contribution is 2.14. The number of amides is 1.